The van der Waals surface area contributed by atoms with Crippen LogP contribution in [0.4, 0.5) is 16.2 Å². The van der Waals surface area contributed by atoms with Crippen LogP contribution in [-0.2, 0) is 21.5 Å². The number of amides is 4. The molecule has 5 rings (SSSR count). The van der Waals surface area contributed by atoms with E-state index in [2.05, 4.69) is 36.0 Å². The largest absolute Gasteiger partial charge is 0.332 e. The molecule has 0 unspecified atom stereocenters. The van der Waals surface area contributed by atoms with Crippen molar-refractivity contribution in [3.63, 3.8) is 0 Å². The molecule has 0 bridgehead atoms. The number of imide groups is 1. The number of likely N-dealkylation sites (tertiary alicyclic amines) is 1. The van der Waals surface area contributed by atoms with Crippen LogP contribution >= 0.6 is 0 Å². The van der Waals surface area contributed by atoms with Crippen LogP contribution in [0.1, 0.15) is 58.6 Å². The summed E-state index contributed by atoms with van der Waals surface area (Å²) in [6, 6.07) is 9.42. The highest BCUT2D eigenvalue weighted by molar-refractivity contribution is 6.23. The predicted molar refractivity (Wildman–Crippen MR) is 152 cm³/mol. The standard InChI is InChI=1S/C30H40N6O3/c1-6-33-15-7-8-23(33)17-32-18-26(37)34-20-29(2,3)24-10-9-22(16-25(24)34)36-27(38)30(4,5)35(28(36)39)19-21-11-13-31-14-12-21/h9-14,16,23,32H,6-8,15,17-20H2,1-5H3/t23-/m0/s1. The zero-order valence-electron chi connectivity index (χ0n) is 23.7. The van der Waals surface area contributed by atoms with Crippen molar-refractivity contribution in [1.29, 1.82) is 0 Å². The zero-order valence-corrected chi connectivity index (χ0v) is 23.7. The molecule has 9 heteroatoms. The van der Waals surface area contributed by atoms with Gasteiger partial charge in [-0.3, -0.25) is 19.5 Å². The van der Waals surface area contributed by atoms with E-state index in [4.69, 9.17) is 0 Å². The van der Waals surface area contributed by atoms with Gasteiger partial charge in [-0.05, 0) is 75.2 Å². The second-order valence-corrected chi connectivity index (χ2v) is 12.0. The van der Waals surface area contributed by atoms with E-state index in [0.717, 1.165) is 42.9 Å². The summed E-state index contributed by atoms with van der Waals surface area (Å²) in [5.41, 5.74) is 1.96. The summed E-state index contributed by atoms with van der Waals surface area (Å²) < 4.78 is 0. The first-order chi connectivity index (χ1) is 18.5. The van der Waals surface area contributed by atoms with E-state index in [1.165, 1.54) is 11.3 Å². The molecule has 0 spiro atoms. The van der Waals surface area contributed by atoms with Crippen LogP contribution < -0.4 is 15.1 Å². The van der Waals surface area contributed by atoms with Gasteiger partial charge in [0.1, 0.15) is 5.54 Å². The fourth-order valence-electron chi connectivity index (χ4n) is 6.23. The van der Waals surface area contributed by atoms with E-state index in [-0.39, 0.29) is 29.8 Å². The molecule has 9 nitrogen and oxygen atoms in total. The summed E-state index contributed by atoms with van der Waals surface area (Å²) in [6.07, 6.45) is 5.72. The molecule has 1 aromatic carbocycles. The van der Waals surface area contributed by atoms with Crippen molar-refractivity contribution in [2.45, 2.75) is 71.0 Å². The molecule has 1 N–H and O–H groups in total. The fourth-order valence-corrected chi connectivity index (χ4v) is 6.23. The van der Waals surface area contributed by atoms with Gasteiger partial charge in [0.2, 0.25) is 5.91 Å². The maximum Gasteiger partial charge on any atom is 0.332 e. The van der Waals surface area contributed by atoms with Gasteiger partial charge in [-0.1, -0.05) is 26.8 Å². The molecule has 3 aliphatic rings. The Hall–Kier alpha value is -3.30. The van der Waals surface area contributed by atoms with Gasteiger partial charge >= 0.3 is 6.03 Å². The Kier molecular flexibility index (Phi) is 7.24. The Morgan fingerprint density at radius 2 is 1.85 bits per heavy atom. The van der Waals surface area contributed by atoms with Crippen molar-refractivity contribution < 1.29 is 14.4 Å². The first-order valence-electron chi connectivity index (χ1n) is 14.0. The lowest BCUT2D eigenvalue weighted by atomic mass is 9.87. The number of aromatic nitrogens is 1. The summed E-state index contributed by atoms with van der Waals surface area (Å²) in [5.74, 6) is -0.283. The topological polar surface area (TPSA) is 89.1 Å². The number of fused-ring (bicyclic) bond motifs is 1. The second-order valence-electron chi connectivity index (χ2n) is 12.0. The lowest BCUT2D eigenvalue weighted by Crippen LogP contribution is -2.44. The number of anilines is 2. The van der Waals surface area contributed by atoms with E-state index in [0.29, 0.717) is 24.8 Å². The fraction of sp³-hybridized carbons (Fsp3) is 0.533. The Labute approximate surface area is 231 Å². The highest BCUT2D eigenvalue weighted by Crippen LogP contribution is 2.44. The number of rotatable bonds is 8. The lowest BCUT2D eigenvalue weighted by Gasteiger charge is -2.27. The van der Waals surface area contributed by atoms with Crippen LogP contribution in [0.2, 0.25) is 0 Å². The average molecular weight is 533 g/mol. The number of hydrogen-bond donors (Lipinski definition) is 1. The van der Waals surface area contributed by atoms with Gasteiger partial charge in [-0.2, -0.15) is 0 Å². The maximum absolute atomic E-state index is 13.6. The van der Waals surface area contributed by atoms with Crippen molar-refractivity contribution in [2.75, 3.05) is 42.5 Å². The maximum atomic E-state index is 13.6. The molecule has 3 aliphatic heterocycles. The van der Waals surface area contributed by atoms with Crippen LogP contribution in [0.3, 0.4) is 0 Å². The van der Waals surface area contributed by atoms with Gasteiger partial charge in [0.25, 0.3) is 5.91 Å². The van der Waals surface area contributed by atoms with Crippen molar-refractivity contribution in [3.8, 4) is 0 Å². The molecule has 39 heavy (non-hydrogen) atoms. The number of carbonyl (C=O) groups is 3. The molecule has 4 heterocycles. The van der Waals surface area contributed by atoms with Crippen LogP contribution in [0.15, 0.2) is 42.7 Å². The summed E-state index contributed by atoms with van der Waals surface area (Å²) in [7, 11) is 0. The van der Waals surface area contributed by atoms with E-state index in [1.807, 2.05) is 35.2 Å². The third-order valence-electron chi connectivity index (χ3n) is 8.59. The molecule has 2 saturated heterocycles. The zero-order chi connectivity index (χ0) is 27.9. The minimum absolute atomic E-state index is 0.00117. The Morgan fingerprint density at radius 1 is 1.10 bits per heavy atom. The summed E-state index contributed by atoms with van der Waals surface area (Å²) in [6.45, 7) is 14.0. The molecular formula is C30H40N6O3. The molecular weight excluding hydrogens is 492 g/mol. The van der Waals surface area contributed by atoms with E-state index in [9.17, 15) is 14.4 Å². The first kappa shape index (κ1) is 27.3. The molecule has 2 fully saturated rings. The van der Waals surface area contributed by atoms with Crippen molar-refractivity contribution in [1.82, 2.24) is 20.1 Å². The van der Waals surface area contributed by atoms with Crippen LogP contribution in [0.25, 0.3) is 0 Å². The van der Waals surface area contributed by atoms with Gasteiger partial charge in [-0.25, -0.2) is 9.69 Å². The van der Waals surface area contributed by atoms with E-state index in [1.54, 1.807) is 31.1 Å². The van der Waals surface area contributed by atoms with E-state index >= 15 is 0 Å². The Bertz CT molecular complexity index is 1260. The molecule has 4 amide bonds. The van der Waals surface area contributed by atoms with Crippen LogP contribution in [0, 0.1) is 0 Å². The number of hydrogen-bond acceptors (Lipinski definition) is 6. The van der Waals surface area contributed by atoms with Gasteiger partial charge in [-0.15, -0.1) is 0 Å². The first-order valence-corrected chi connectivity index (χ1v) is 14.0. The third kappa shape index (κ3) is 4.94. The molecule has 0 aliphatic carbocycles. The van der Waals surface area contributed by atoms with Gasteiger partial charge < -0.3 is 15.1 Å². The quantitative estimate of drug-likeness (QED) is 0.524. The number of nitrogens with zero attached hydrogens (tertiary/aromatic N) is 5. The average Bonchev–Trinajstić information content (AvgIpc) is 3.52. The summed E-state index contributed by atoms with van der Waals surface area (Å²) in [4.78, 5) is 51.8. The minimum atomic E-state index is -1.01. The summed E-state index contributed by atoms with van der Waals surface area (Å²) in [5, 5.41) is 3.39. The Balaban J connectivity index is 1.36. The van der Waals surface area contributed by atoms with Crippen molar-refractivity contribution >= 4 is 29.2 Å². The molecule has 1 aromatic heterocycles. The number of nitrogens with one attached hydrogen (secondary N) is 1. The summed E-state index contributed by atoms with van der Waals surface area (Å²) >= 11 is 0. The van der Waals surface area contributed by atoms with Gasteiger partial charge in [0.15, 0.2) is 0 Å². The molecule has 208 valence electrons. The van der Waals surface area contributed by atoms with Gasteiger partial charge in [0.05, 0.1) is 12.2 Å². The number of carbonyl (C=O) groups excluding carboxylic acids is 3. The molecule has 0 saturated carbocycles. The SMILES string of the molecule is CCN1CCC[C@H]1CNCC(=O)N1CC(C)(C)c2ccc(N3C(=O)N(Cc4ccncc4)C(C)(C)C3=O)cc21. The predicted octanol–water partition coefficient (Wildman–Crippen LogP) is 3.53. The van der Waals surface area contributed by atoms with E-state index < -0.39 is 5.54 Å². The van der Waals surface area contributed by atoms with Crippen molar-refractivity contribution in [2.24, 2.45) is 0 Å². The normalized spacial score (nSPS) is 22.2. The van der Waals surface area contributed by atoms with Gasteiger partial charge in [0, 0.05) is 49.2 Å². The smallest absolute Gasteiger partial charge is 0.310 e. The molecule has 2 aromatic rings. The second kappa shape index (κ2) is 10.4. The number of urea groups is 1. The number of likely N-dealkylation sites (N-methyl/N-ethyl adjacent to an activating group) is 1. The highest BCUT2D eigenvalue weighted by Gasteiger charge is 2.52. The Morgan fingerprint density at radius 3 is 2.56 bits per heavy atom. The molecule has 1 atom stereocenters. The third-order valence-corrected chi connectivity index (χ3v) is 8.59. The van der Waals surface area contributed by atoms with Crippen molar-refractivity contribution in [3.05, 3.63) is 53.9 Å². The highest BCUT2D eigenvalue weighted by atomic mass is 16.2. The monoisotopic (exact) mass is 532 g/mol. The van der Waals surface area contributed by atoms with Crippen LogP contribution in [0.5, 0.6) is 0 Å². The number of benzene rings is 1. The molecule has 0 radical (unpaired) electrons. The number of pyridine rings is 1. The minimum Gasteiger partial charge on any atom is -0.310 e. The van der Waals surface area contributed by atoms with Crippen LogP contribution in [-0.4, -0.2) is 76.9 Å². The lowest BCUT2D eigenvalue weighted by molar-refractivity contribution is -0.123.